The molecule has 0 bridgehead atoms. The van der Waals surface area contributed by atoms with Crippen LogP contribution in [0.5, 0.6) is 0 Å². The molecule has 1 aromatic heterocycles. The fraction of sp³-hybridized carbons (Fsp3) is 0.471. The third kappa shape index (κ3) is 2.93. The summed E-state index contributed by atoms with van der Waals surface area (Å²) in [6, 6.07) is 8.69. The summed E-state index contributed by atoms with van der Waals surface area (Å²) in [5.41, 5.74) is 10.8. The fourth-order valence-corrected chi connectivity index (χ4v) is 2.47. The van der Waals surface area contributed by atoms with Crippen LogP contribution in [-0.4, -0.2) is 16.3 Å². The molecule has 0 spiro atoms. The molecule has 1 aromatic carbocycles. The van der Waals surface area contributed by atoms with Gasteiger partial charge in [-0.3, -0.25) is 0 Å². The lowest BCUT2D eigenvalue weighted by Crippen LogP contribution is -2.11. The summed E-state index contributed by atoms with van der Waals surface area (Å²) >= 11 is 0. The van der Waals surface area contributed by atoms with Crippen molar-refractivity contribution >= 4 is 0 Å². The molecule has 0 atom stereocenters. The van der Waals surface area contributed by atoms with Crippen LogP contribution in [-0.2, 0) is 18.3 Å². The molecule has 1 heterocycles. The number of rotatable bonds is 4. The molecular weight excluding hydrogens is 246 g/mol. The molecule has 0 saturated carbocycles. The molecule has 3 nitrogen and oxygen atoms in total. The SMILES string of the molecule is CCc1c(CCN)cnn1-c1ccc(C(C)(C)C)cc1. The van der Waals surface area contributed by atoms with Gasteiger partial charge in [0.05, 0.1) is 11.9 Å². The molecule has 0 aliphatic rings. The van der Waals surface area contributed by atoms with Gasteiger partial charge in [0.1, 0.15) is 0 Å². The Balaban J connectivity index is 2.37. The molecule has 0 fully saturated rings. The van der Waals surface area contributed by atoms with Crippen molar-refractivity contribution in [3.05, 3.63) is 47.3 Å². The molecule has 0 radical (unpaired) electrons. The fourth-order valence-electron chi connectivity index (χ4n) is 2.47. The highest BCUT2D eigenvalue weighted by molar-refractivity contribution is 5.39. The largest absolute Gasteiger partial charge is 0.330 e. The van der Waals surface area contributed by atoms with Gasteiger partial charge >= 0.3 is 0 Å². The maximum Gasteiger partial charge on any atom is 0.0649 e. The van der Waals surface area contributed by atoms with Crippen LogP contribution >= 0.6 is 0 Å². The Hall–Kier alpha value is -1.61. The second-order valence-corrected chi connectivity index (χ2v) is 6.22. The minimum atomic E-state index is 0.181. The van der Waals surface area contributed by atoms with E-state index in [9.17, 15) is 0 Å². The lowest BCUT2D eigenvalue weighted by Gasteiger charge is -2.19. The average molecular weight is 271 g/mol. The molecule has 0 amide bonds. The first kappa shape index (κ1) is 14.8. The number of nitrogens with two attached hydrogens (primary N) is 1. The van der Waals surface area contributed by atoms with Crippen molar-refractivity contribution in [2.24, 2.45) is 5.73 Å². The van der Waals surface area contributed by atoms with Gasteiger partial charge in [-0.05, 0) is 48.1 Å². The van der Waals surface area contributed by atoms with Crippen molar-refractivity contribution in [2.75, 3.05) is 6.54 Å². The third-order valence-electron chi connectivity index (χ3n) is 3.68. The summed E-state index contributed by atoms with van der Waals surface area (Å²) in [7, 11) is 0. The molecule has 3 heteroatoms. The van der Waals surface area contributed by atoms with Crippen LogP contribution in [0.2, 0.25) is 0 Å². The maximum atomic E-state index is 5.66. The van der Waals surface area contributed by atoms with Crippen LogP contribution in [0.15, 0.2) is 30.5 Å². The summed E-state index contributed by atoms with van der Waals surface area (Å²) in [6.07, 6.45) is 3.81. The zero-order chi connectivity index (χ0) is 14.8. The predicted octanol–water partition coefficient (Wildman–Crippen LogP) is 3.23. The van der Waals surface area contributed by atoms with E-state index in [1.54, 1.807) is 0 Å². The molecule has 108 valence electrons. The second kappa shape index (κ2) is 5.80. The second-order valence-electron chi connectivity index (χ2n) is 6.22. The third-order valence-corrected chi connectivity index (χ3v) is 3.68. The van der Waals surface area contributed by atoms with E-state index >= 15 is 0 Å². The predicted molar refractivity (Wildman–Crippen MR) is 84.4 cm³/mol. The standard InChI is InChI=1S/C17H25N3/c1-5-16-13(10-11-18)12-19-20(16)15-8-6-14(7-9-15)17(2,3)4/h6-9,12H,5,10-11,18H2,1-4H3. The van der Waals surface area contributed by atoms with Crippen LogP contribution < -0.4 is 5.73 Å². The molecular formula is C17H25N3. The zero-order valence-corrected chi connectivity index (χ0v) is 13.0. The number of hydrogen-bond acceptors (Lipinski definition) is 2. The number of aromatic nitrogens is 2. The Kier molecular flexibility index (Phi) is 4.29. The van der Waals surface area contributed by atoms with Crippen molar-refractivity contribution in [3.63, 3.8) is 0 Å². The summed E-state index contributed by atoms with van der Waals surface area (Å²) in [5, 5.41) is 4.53. The minimum absolute atomic E-state index is 0.181. The molecule has 2 N–H and O–H groups in total. The highest BCUT2D eigenvalue weighted by Gasteiger charge is 2.14. The van der Waals surface area contributed by atoms with Gasteiger partial charge in [-0.15, -0.1) is 0 Å². The van der Waals surface area contributed by atoms with Crippen LogP contribution in [0, 0.1) is 0 Å². The monoisotopic (exact) mass is 271 g/mol. The summed E-state index contributed by atoms with van der Waals surface area (Å²) in [5.74, 6) is 0. The number of nitrogens with zero attached hydrogens (tertiary/aromatic N) is 2. The molecule has 2 aromatic rings. The molecule has 0 aliphatic carbocycles. The van der Waals surface area contributed by atoms with Gasteiger partial charge in [0.2, 0.25) is 0 Å². The van der Waals surface area contributed by atoms with Gasteiger partial charge in [0, 0.05) is 5.69 Å². The van der Waals surface area contributed by atoms with Crippen LogP contribution in [0.1, 0.15) is 44.5 Å². The van der Waals surface area contributed by atoms with E-state index < -0.39 is 0 Å². The maximum absolute atomic E-state index is 5.66. The van der Waals surface area contributed by atoms with Crippen molar-refractivity contribution in [3.8, 4) is 5.69 Å². The van der Waals surface area contributed by atoms with E-state index in [2.05, 4.69) is 57.1 Å². The first-order valence-electron chi connectivity index (χ1n) is 7.34. The molecule has 20 heavy (non-hydrogen) atoms. The van der Waals surface area contributed by atoms with Gasteiger partial charge < -0.3 is 5.73 Å². The summed E-state index contributed by atoms with van der Waals surface area (Å²) in [4.78, 5) is 0. The first-order valence-corrected chi connectivity index (χ1v) is 7.34. The van der Waals surface area contributed by atoms with Gasteiger partial charge in [0.15, 0.2) is 0 Å². The van der Waals surface area contributed by atoms with E-state index in [0.717, 1.165) is 18.5 Å². The summed E-state index contributed by atoms with van der Waals surface area (Å²) < 4.78 is 2.04. The highest BCUT2D eigenvalue weighted by atomic mass is 15.3. The summed E-state index contributed by atoms with van der Waals surface area (Å²) in [6.45, 7) is 9.52. The smallest absolute Gasteiger partial charge is 0.0649 e. The highest BCUT2D eigenvalue weighted by Crippen LogP contribution is 2.24. The molecule has 0 aliphatic heterocycles. The van der Waals surface area contributed by atoms with E-state index in [1.807, 2.05) is 10.9 Å². The first-order chi connectivity index (χ1) is 9.47. The van der Waals surface area contributed by atoms with Crippen molar-refractivity contribution in [2.45, 2.75) is 46.0 Å². The Morgan fingerprint density at radius 3 is 2.30 bits per heavy atom. The van der Waals surface area contributed by atoms with Crippen molar-refractivity contribution in [1.82, 2.24) is 9.78 Å². The lowest BCUT2D eigenvalue weighted by atomic mass is 9.87. The Morgan fingerprint density at radius 1 is 1.15 bits per heavy atom. The minimum Gasteiger partial charge on any atom is -0.330 e. The van der Waals surface area contributed by atoms with Gasteiger partial charge in [-0.1, -0.05) is 39.8 Å². The molecule has 2 rings (SSSR count). The van der Waals surface area contributed by atoms with Gasteiger partial charge in [-0.25, -0.2) is 4.68 Å². The van der Waals surface area contributed by atoms with E-state index in [4.69, 9.17) is 5.73 Å². The number of hydrogen-bond donors (Lipinski definition) is 1. The zero-order valence-electron chi connectivity index (χ0n) is 13.0. The van der Waals surface area contributed by atoms with Gasteiger partial charge in [0.25, 0.3) is 0 Å². The number of benzene rings is 1. The van der Waals surface area contributed by atoms with Crippen LogP contribution in [0.4, 0.5) is 0 Å². The average Bonchev–Trinajstić information content (AvgIpc) is 2.81. The van der Waals surface area contributed by atoms with E-state index in [1.165, 1.54) is 16.8 Å². The lowest BCUT2D eigenvalue weighted by molar-refractivity contribution is 0.590. The van der Waals surface area contributed by atoms with Crippen molar-refractivity contribution < 1.29 is 0 Å². The Labute approximate surface area is 121 Å². The Bertz CT molecular complexity index is 559. The van der Waals surface area contributed by atoms with E-state index in [-0.39, 0.29) is 5.41 Å². The molecule has 0 saturated heterocycles. The van der Waals surface area contributed by atoms with Crippen LogP contribution in [0.25, 0.3) is 5.69 Å². The topological polar surface area (TPSA) is 43.8 Å². The quantitative estimate of drug-likeness (QED) is 0.927. The molecule has 0 unspecified atom stereocenters. The Morgan fingerprint density at radius 2 is 1.80 bits per heavy atom. The van der Waals surface area contributed by atoms with E-state index in [0.29, 0.717) is 6.54 Å². The van der Waals surface area contributed by atoms with Crippen LogP contribution in [0.3, 0.4) is 0 Å². The van der Waals surface area contributed by atoms with Gasteiger partial charge in [-0.2, -0.15) is 5.10 Å². The van der Waals surface area contributed by atoms with Crippen molar-refractivity contribution in [1.29, 1.82) is 0 Å². The normalized spacial score (nSPS) is 11.8.